The molecule has 0 saturated heterocycles. The molecule has 0 bridgehead atoms. The van der Waals surface area contributed by atoms with Gasteiger partial charge < -0.3 is 25.0 Å². The quantitative estimate of drug-likeness (QED) is 0.316. The average Bonchev–Trinajstić information content (AvgIpc) is 3.01. The van der Waals surface area contributed by atoms with Crippen LogP contribution in [0.4, 0.5) is 8.78 Å². The molecule has 8 nitrogen and oxygen atoms in total. The molecule has 0 amide bonds. The number of hydrogen-bond donors (Lipinski definition) is 3. The second-order valence-electron chi connectivity index (χ2n) is 6.51. The highest BCUT2D eigenvalue weighted by Gasteiger charge is 2.11. The first-order valence-corrected chi connectivity index (χ1v) is 9.50. The maximum absolute atomic E-state index is 12.2. The summed E-state index contributed by atoms with van der Waals surface area (Å²) < 4.78 is 30.6. The Bertz CT molecular complexity index is 780. The first-order valence-electron chi connectivity index (χ1n) is 9.50. The van der Waals surface area contributed by atoms with E-state index in [9.17, 15) is 13.9 Å². The standard InChI is InChI=1S/C19H28F2N6O2/c1-4-5-10-22-19(24-12-17-26-25-13(2)27(17)3)23-11-16(28)14-6-8-15(9-7-14)29-18(20)21/h6-9,16,18,28H,4-5,10-12H2,1-3H3,(H2,22,23,24). The molecule has 0 saturated carbocycles. The van der Waals surface area contributed by atoms with Crippen LogP contribution in [-0.2, 0) is 13.6 Å². The van der Waals surface area contributed by atoms with Crippen LogP contribution in [0.25, 0.3) is 0 Å². The van der Waals surface area contributed by atoms with E-state index in [0.717, 1.165) is 31.0 Å². The molecule has 1 heterocycles. The molecule has 0 aliphatic heterocycles. The maximum atomic E-state index is 12.2. The average molecular weight is 410 g/mol. The van der Waals surface area contributed by atoms with Crippen LogP contribution in [0.5, 0.6) is 5.75 Å². The first-order chi connectivity index (χ1) is 13.9. The topological polar surface area (TPSA) is 96.6 Å². The molecular formula is C19H28F2N6O2. The van der Waals surface area contributed by atoms with Gasteiger partial charge in [0.25, 0.3) is 0 Å². The van der Waals surface area contributed by atoms with Crippen molar-refractivity contribution in [1.82, 2.24) is 25.4 Å². The van der Waals surface area contributed by atoms with E-state index in [1.165, 1.54) is 12.1 Å². The number of aryl methyl sites for hydroxylation is 1. The molecule has 1 unspecified atom stereocenters. The van der Waals surface area contributed by atoms with Gasteiger partial charge in [-0.3, -0.25) is 0 Å². The molecule has 1 aromatic heterocycles. The SMILES string of the molecule is CCCCNC(=NCc1nnc(C)n1C)NCC(O)c1ccc(OC(F)F)cc1. The minimum atomic E-state index is -2.88. The molecule has 10 heteroatoms. The van der Waals surface area contributed by atoms with E-state index in [0.29, 0.717) is 18.1 Å². The predicted octanol–water partition coefficient (Wildman–Crippen LogP) is 2.29. The summed E-state index contributed by atoms with van der Waals surface area (Å²) in [6, 6.07) is 5.90. The van der Waals surface area contributed by atoms with Crippen LogP contribution < -0.4 is 15.4 Å². The molecule has 1 atom stereocenters. The lowest BCUT2D eigenvalue weighted by molar-refractivity contribution is -0.0498. The fourth-order valence-corrected chi connectivity index (χ4v) is 2.48. The Morgan fingerprint density at radius 3 is 2.55 bits per heavy atom. The minimum absolute atomic E-state index is 0.0476. The van der Waals surface area contributed by atoms with E-state index >= 15 is 0 Å². The van der Waals surface area contributed by atoms with E-state index in [4.69, 9.17) is 0 Å². The maximum Gasteiger partial charge on any atom is 0.387 e. The lowest BCUT2D eigenvalue weighted by Gasteiger charge is -2.16. The Morgan fingerprint density at radius 1 is 1.24 bits per heavy atom. The number of unbranched alkanes of at least 4 members (excludes halogenated alkanes) is 1. The van der Waals surface area contributed by atoms with E-state index in [1.54, 1.807) is 12.1 Å². The summed E-state index contributed by atoms with van der Waals surface area (Å²) in [5.74, 6) is 2.13. The zero-order chi connectivity index (χ0) is 21.2. The van der Waals surface area contributed by atoms with E-state index in [-0.39, 0.29) is 12.3 Å². The number of aliphatic hydroxyl groups is 1. The van der Waals surface area contributed by atoms with Crippen LogP contribution in [0.2, 0.25) is 0 Å². The third-order valence-electron chi connectivity index (χ3n) is 4.34. The Kier molecular flexibility index (Phi) is 8.78. The second kappa shape index (κ2) is 11.3. The molecular weight excluding hydrogens is 382 g/mol. The van der Waals surface area contributed by atoms with Crippen LogP contribution >= 0.6 is 0 Å². The normalized spacial score (nSPS) is 12.9. The summed E-state index contributed by atoms with van der Waals surface area (Å²) in [5.41, 5.74) is 0.580. The molecule has 0 aliphatic rings. The van der Waals surface area contributed by atoms with Crippen molar-refractivity contribution in [3.63, 3.8) is 0 Å². The van der Waals surface area contributed by atoms with Gasteiger partial charge in [0.15, 0.2) is 11.8 Å². The molecule has 0 spiro atoms. The van der Waals surface area contributed by atoms with Gasteiger partial charge in [-0.15, -0.1) is 10.2 Å². The fraction of sp³-hybridized carbons (Fsp3) is 0.526. The number of benzene rings is 1. The molecule has 2 aromatic rings. The number of alkyl halides is 2. The summed E-state index contributed by atoms with van der Waals surface area (Å²) in [7, 11) is 1.88. The number of aromatic nitrogens is 3. The number of aliphatic hydroxyl groups excluding tert-OH is 1. The zero-order valence-corrected chi connectivity index (χ0v) is 16.9. The van der Waals surface area contributed by atoms with Gasteiger partial charge in [0.1, 0.15) is 18.1 Å². The van der Waals surface area contributed by atoms with E-state index in [1.807, 2.05) is 18.5 Å². The second-order valence-corrected chi connectivity index (χ2v) is 6.51. The number of aliphatic imine (C=N–C) groups is 1. The number of guanidine groups is 1. The number of hydrogen-bond acceptors (Lipinski definition) is 5. The Morgan fingerprint density at radius 2 is 1.97 bits per heavy atom. The number of nitrogens with one attached hydrogen (secondary N) is 2. The lowest BCUT2D eigenvalue weighted by Crippen LogP contribution is -2.40. The van der Waals surface area contributed by atoms with Gasteiger partial charge in [0, 0.05) is 20.1 Å². The summed E-state index contributed by atoms with van der Waals surface area (Å²) in [6.07, 6.45) is 1.18. The molecule has 2 rings (SSSR count). The fourth-order valence-electron chi connectivity index (χ4n) is 2.48. The molecule has 29 heavy (non-hydrogen) atoms. The monoisotopic (exact) mass is 410 g/mol. The van der Waals surface area contributed by atoms with Crippen molar-refractivity contribution < 1.29 is 18.6 Å². The Balaban J connectivity index is 1.96. The molecule has 0 fully saturated rings. The number of ether oxygens (including phenoxy) is 1. The minimum Gasteiger partial charge on any atom is -0.435 e. The largest absolute Gasteiger partial charge is 0.435 e. The van der Waals surface area contributed by atoms with Crippen molar-refractivity contribution in [3.05, 3.63) is 41.5 Å². The van der Waals surface area contributed by atoms with Gasteiger partial charge in [-0.1, -0.05) is 25.5 Å². The van der Waals surface area contributed by atoms with Crippen molar-refractivity contribution in [2.24, 2.45) is 12.0 Å². The van der Waals surface area contributed by atoms with Gasteiger partial charge >= 0.3 is 6.61 Å². The third-order valence-corrected chi connectivity index (χ3v) is 4.34. The zero-order valence-electron chi connectivity index (χ0n) is 16.9. The highest BCUT2D eigenvalue weighted by molar-refractivity contribution is 5.79. The highest BCUT2D eigenvalue weighted by atomic mass is 19.3. The summed E-state index contributed by atoms with van der Waals surface area (Å²) >= 11 is 0. The van der Waals surface area contributed by atoms with Crippen molar-refractivity contribution >= 4 is 5.96 Å². The summed E-state index contributed by atoms with van der Waals surface area (Å²) in [5, 5.41) is 24.8. The predicted molar refractivity (Wildman–Crippen MR) is 106 cm³/mol. The highest BCUT2D eigenvalue weighted by Crippen LogP contribution is 2.19. The van der Waals surface area contributed by atoms with Crippen LogP contribution in [0.15, 0.2) is 29.3 Å². The Hall–Kier alpha value is -2.75. The molecule has 160 valence electrons. The third kappa shape index (κ3) is 7.30. The van der Waals surface area contributed by atoms with Crippen molar-refractivity contribution in [2.45, 2.75) is 45.9 Å². The van der Waals surface area contributed by atoms with Crippen molar-refractivity contribution in [1.29, 1.82) is 0 Å². The summed E-state index contributed by atoms with van der Waals surface area (Å²) in [4.78, 5) is 4.51. The van der Waals surface area contributed by atoms with E-state index < -0.39 is 12.7 Å². The van der Waals surface area contributed by atoms with Crippen LogP contribution in [0, 0.1) is 6.92 Å². The number of halogens is 2. The van der Waals surface area contributed by atoms with E-state index in [2.05, 4.69) is 37.5 Å². The van der Waals surface area contributed by atoms with Crippen LogP contribution in [0.1, 0.15) is 43.1 Å². The smallest absolute Gasteiger partial charge is 0.387 e. The number of rotatable bonds is 10. The molecule has 0 radical (unpaired) electrons. The number of nitrogens with zero attached hydrogens (tertiary/aromatic N) is 4. The van der Waals surface area contributed by atoms with Gasteiger partial charge in [-0.05, 0) is 31.0 Å². The van der Waals surface area contributed by atoms with Crippen LogP contribution in [0.3, 0.4) is 0 Å². The lowest BCUT2D eigenvalue weighted by atomic mass is 10.1. The van der Waals surface area contributed by atoms with Gasteiger partial charge in [0.2, 0.25) is 0 Å². The summed E-state index contributed by atoms with van der Waals surface area (Å²) in [6.45, 7) is 2.37. The van der Waals surface area contributed by atoms with Gasteiger partial charge in [-0.2, -0.15) is 8.78 Å². The Labute approximate surface area is 169 Å². The van der Waals surface area contributed by atoms with Crippen molar-refractivity contribution in [3.8, 4) is 5.75 Å². The molecule has 0 aliphatic carbocycles. The molecule has 3 N–H and O–H groups in total. The molecule has 1 aromatic carbocycles. The van der Waals surface area contributed by atoms with Crippen molar-refractivity contribution in [2.75, 3.05) is 13.1 Å². The van der Waals surface area contributed by atoms with Gasteiger partial charge in [-0.25, -0.2) is 4.99 Å². The van der Waals surface area contributed by atoms with Crippen LogP contribution in [-0.4, -0.2) is 45.5 Å². The first kappa shape index (κ1) is 22.5. The van der Waals surface area contributed by atoms with Gasteiger partial charge in [0.05, 0.1) is 6.10 Å².